The highest BCUT2D eigenvalue weighted by molar-refractivity contribution is 4.86. The van der Waals surface area contributed by atoms with Crippen molar-refractivity contribution in [3.63, 3.8) is 0 Å². The maximum absolute atomic E-state index is 9.74. The first kappa shape index (κ1) is 12.3. The van der Waals surface area contributed by atoms with E-state index >= 15 is 0 Å². The van der Waals surface area contributed by atoms with Crippen molar-refractivity contribution in [1.29, 1.82) is 0 Å². The normalized spacial score (nSPS) is 31.3. The fourth-order valence-electron chi connectivity index (χ4n) is 2.61. The summed E-state index contributed by atoms with van der Waals surface area (Å²) in [7, 11) is 0. The fourth-order valence-corrected chi connectivity index (χ4v) is 2.61. The molecule has 4 heteroatoms. The number of aliphatic hydroxyl groups excluding tert-OH is 1. The number of aliphatic hydroxyl groups is 1. The van der Waals surface area contributed by atoms with Crippen LogP contribution < -0.4 is 5.32 Å². The molecule has 2 atom stereocenters. The van der Waals surface area contributed by atoms with Crippen molar-refractivity contribution in [1.82, 2.24) is 10.2 Å². The Morgan fingerprint density at radius 3 is 2.62 bits per heavy atom. The number of hydrogen-bond donors (Lipinski definition) is 2. The molecule has 2 aliphatic heterocycles. The van der Waals surface area contributed by atoms with E-state index in [2.05, 4.69) is 24.1 Å². The van der Waals surface area contributed by atoms with Crippen LogP contribution in [0.15, 0.2) is 0 Å². The second kappa shape index (κ2) is 5.45. The average Bonchev–Trinajstić information content (AvgIpc) is 2.55. The van der Waals surface area contributed by atoms with E-state index < -0.39 is 0 Å². The largest absolute Gasteiger partial charge is 0.391 e. The highest BCUT2D eigenvalue weighted by Crippen LogP contribution is 2.17. The zero-order chi connectivity index (χ0) is 11.5. The van der Waals surface area contributed by atoms with Gasteiger partial charge in [-0.3, -0.25) is 4.90 Å². The van der Waals surface area contributed by atoms with Crippen molar-refractivity contribution in [3.8, 4) is 0 Å². The Balaban J connectivity index is 1.77. The standard InChI is InChI=1S/C12H24N2O2/c1-9(2)14(10-7-16-8-10)6-4-11-12(15)3-5-13-11/h9-13,15H,3-8H2,1-2H3. The third-order valence-corrected chi connectivity index (χ3v) is 3.76. The highest BCUT2D eigenvalue weighted by Gasteiger charge is 2.30. The van der Waals surface area contributed by atoms with Gasteiger partial charge in [0.05, 0.1) is 25.4 Å². The molecule has 2 aliphatic rings. The molecule has 2 saturated heterocycles. The lowest BCUT2D eigenvalue weighted by Gasteiger charge is -2.40. The van der Waals surface area contributed by atoms with Crippen molar-refractivity contribution in [2.24, 2.45) is 0 Å². The van der Waals surface area contributed by atoms with E-state index in [-0.39, 0.29) is 6.10 Å². The minimum Gasteiger partial charge on any atom is -0.391 e. The van der Waals surface area contributed by atoms with Gasteiger partial charge in [0.25, 0.3) is 0 Å². The molecule has 0 aromatic carbocycles. The molecule has 2 unspecified atom stereocenters. The zero-order valence-corrected chi connectivity index (χ0v) is 10.4. The van der Waals surface area contributed by atoms with Gasteiger partial charge in [0, 0.05) is 18.6 Å². The molecule has 0 amide bonds. The smallest absolute Gasteiger partial charge is 0.0705 e. The number of nitrogens with zero attached hydrogens (tertiary/aromatic N) is 1. The van der Waals surface area contributed by atoms with Crippen LogP contribution in [0.25, 0.3) is 0 Å². The van der Waals surface area contributed by atoms with Crippen LogP contribution >= 0.6 is 0 Å². The molecular formula is C12H24N2O2. The van der Waals surface area contributed by atoms with E-state index in [9.17, 15) is 5.11 Å². The summed E-state index contributed by atoms with van der Waals surface area (Å²) in [4.78, 5) is 2.50. The van der Waals surface area contributed by atoms with Crippen molar-refractivity contribution >= 4 is 0 Å². The Kier molecular flexibility index (Phi) is 4.19. The summed E-state index contributed by atoms with van der Waals surface area (Å²) >= 11 is 0. The second-order valence-electron chi connectivity index (χ2n) is 5.23. The number of rotatable bonds is 5. The van der Waals surface area contributed by atoms with Crippen molar-refractivity contribution in [3.05, 3.63) is 0 Å². The molecule has 0 aliphatic carbocycles. The summed E-state index contributed by atoms with van der Waals surface area (Å²) in [5.74, 6) is 0. The Morgan fingerprint density at radius 2 is 2.19 bits per heavy atom. The van der Waals surface area contributed by atoms with E-state index in [1.807, 2.05) is 0 Å². The van der Waals surface area contributed by atoms with Crippen LogP contribution in [-0.2, 0) is 4.74 Å². The fraction of sp³-hybridized carbons (Fsp3) is 1.00. The van der Waals surface area contributed by atoms with Crippen molar-refractivity contribution in [2.75, 3.05) is 26.3 Å². The molecule has 0 aromatic heterocycles. The van der Waals surface area contributed by atoms with Crippen LogP contribution in [0.1, 0.15) is 26.7 Å². The van der Waals surface area contributed by atoms with E-state index in [4.69, 9.17) is 4.74 Å². The molecule has 2 fully saturated rings. The average molecular weight is 228 g/mol. The predicted molar refractivity (Wildman–Crippen MR) is 63.5 cm³/mol. The highest BCUT2D eigenvalue weighted by atomic mass is 16.5. The lowest BCUT2D eigenvalue weighted by Crippen LogP contribution is -2.53. The third kappa shape index (κ3) is 2.74. The van der Waals surface area contributed by atoms with Gasteiger partial charge in [-0.1, -0.05) is 0 Å². The summed E-state index contributed by atoms with van der Waals surface area (Å²) in [6.45, 7) is 8.23. The Morgan fingerprint density at radius 1 is 1.44 bits per heavy atom. The summed E-state index contributed by atoms with van der Waals surface area (Å²) < 4.78 is 5.25. The first-order chi connectivity index (χ1) is 7.68. The van der Waals surface area contributed by atoms with Gasteiger partial charge in [0.15, 0.2) is 0 Å². The molecule has 16 heavy (non-hydrogen) atoms. The number of ether oxygens (including phenoxy) is 1. The second-order valence-corrected chi connectivity index (χ2v) is 5.23. The topological polar surface area (TPSA) is 44.7 Å². The van der Waals surface area contributed by atoms with E-state index in [1.54, 1.807) is 0 Å². The first-order valence-corrected chi connectivity index (χ1v) is 6.43. The summed E-state index contributed by atoms with van der Waals surface area (Å²) in [5, 5.41) is 13.1. The minimum absolute atomic E-state index is 0.147. The van der Waals surface area contributed by atoms with Crippen LogP contribution in [0.2, 0.25) is 0 Å². The number of nitrogens with one attached hydrogen (secondary N) is 1. The quantitative estimate of drug-likeness (QED) is 0.706. The van der Waals surface area contributed by atoms with Crippen molar-refractivity contribution < 1.29 is 9.84 Å². The molecule has 0 aromatic rings. The van der Waals surface area contributed by atoms with Crippen LogP contribution in [0.3, 0.4) is 0 Å². The van der Waals surface area contributed by atoms with Gasteiger partial charge in [-0.25, -0.2) is 0 Å². The molecule has 94 valence electrons. The van der Waals surface area contributed by atoms with Gasteiger partial charge in [-0.05, 0) is 33.2 Å². The molecule has 2 heterocycles. The van der Waals surface area contributed by atoms with Gasteiger partial charge in [-0.2, -0.15) is 0 Å². The van der Waals surface area contributed by atoms with E-state index in [0.717, 1.165) is 39.1 Å². The Hall–Kier alpha value is -0.160. The maximum atomic E-state index is 9.74. The molecule has 2 N–H and O–H groups in total. The van der Waals surface area contributed by atoms with Gasteiger partial charge in [0.1, 0.15) is 0 Å². The third-order valence-electron chi connectivity index (χ3n) is 3.76. The molecule has 2 rings (SSSR count). The molecule has 4 nitrogen and oxygen atoms in total. The van der Waals surface area contributed by atoms with Crippen LogP contribution in [-0.4, -0.2) is 60.5 Å². The molecular weight excluding hydrogens is 204 g/mol. The number of hydrogen-bond acceptors (Lipinski definition) is 4. The Bertz CT molecular complexity index is 219. The SMILES string of the molecule is CC(C)N(CCC1NCCC1O)C1COC1. The summed E-state index contributed by atoms with van der Waals surface area (Å²) in [6.07, 6.45) is 1.79. The van der Waals surface area contributed by atoms with Gasteiger partial charge in [-0.15, -0.1) is 0 Å². The van der Waals surface area contributed by atoms with Gasteiger partial charge < -0.3 is 15.2 Å². The first-order valence-electron chi connectivity index (χ1n) is 6.43. The minimum atomic E-state index is -0.147. The lowest BCUT2D eigenvalue weighted by atomic mass is 10.1. The van der Waals surface area contributed by atoms with Gasteiger partial charge >= 0.3 is 0 Å². The molecule has 0 radical (unpaired) electrons. The molecule has 0 spiro atoms. The van der Waals surface area contributed by atoms with Crippen LogP contribution in [0.5, 0.6) is 0 Å². The van der Waals surface area contributed by atoms with E-state index in [1.165, 1.54) is 0 Å². The maximum Gasteiger partial charge on any atom is 0.0705 e. The summed E-state index contributed by atoms with van der Waals surface area (Å²) in [5.41, 5.74) is 0. The molecule has 0 bridgehead atoms. The van der Waals surface area contributed by atoms with Crippen LogP contribution in [0.4, 0.5) is 0 Å². The Labute approximate surface area is 98.0 Å². The van der Waals surface area contributed by atoms with E-state index in [0.29, 0.717) is 18.1 Å². The monoisotopic (exact) mass is 228 g/mol. The van der Waals surface area contributed by atoms with Crippen molar-refractivity contribution in [2.45, 2.75) is 50.9 Å². The zero-order valence-electron chi connectivity index (χ0n) is 10.4. The lowest BCUT2D eigenvalue weighted by molar-refractivity contribution is -0.0764. The van der Waals surface area contributed by atoms with Crippen LogP contribution in [0, 0.1) is 0 Å². The summed E-state index contributed by atoms with van der Waals surface area (Å²) in [6, 6.07) is 1.45. The van der Waals surface area contributed by atoms with Gasteiger partial charge in [0.2, 0.25) is 0 Å². The predicted octanol–water partition coefficient (Wildman–Crippen LogP) is 0.209. The molecule has 0 saturated carbocycles.